The number of esters is 1. The Morgan fingerprint density at radius 1 is 1.20 bits per heavy atom. The number of benzene rings is 1. The molecule has 25 heavy (non-hydrogen) atoms. The maximum absolute atomic E-state index is 12.1. The molecular formula is C19H27NO5. The van der Waals surface area contributed by atoms with Crippen LogP contribution in [-0.2, 0) is 25.6 Å². The summed E-state index contributed by atoms with van der Waals surface area (Å²) in [7, 11) is 0. The van der Waals surface area contributed by atoms with Crippen LogP contribution in [0.2, 0.25) is 0 Å². The highest BCUT2D eigenvalue weighted by atomic mass is 16.6. The zero-order valence-corrected chi connectivity index (χ0v) is 15.2. The number of carbonyl (C=O) groups excluding carboxylic acids is 2. The van der Waals surface area contributed by atoms with Crippen LogP contribution in [0.4, 0.5) is 4.79 Å². The quantitative estimate of drug-likeness (QED) is 0.764. The van der Waals surface area contributed by atoms with Crippen molar-refractivity contribution in [2.75, 3.05) is 19.7 Å². The van der Waals surface area contributed by atoms with Crippen molar-refractivity contribution in [1.29, 1.82) is 0 Å². The minimum atomic E-state index is -0.522. The van der Waals surface area contributed by atoms with Gasteiger partial charge in [0.1, 0.15) is 18.8 Å². The third kappa shape index (κ3) is 7.13. The first-order valence-corrected chi connectivity index (χ1v) is 8.62. The SMILES string of the molecule is CC(C)(C)OC(=O)N1CCC[C@@H](OCC(=O)OCc2ccccc2)C1. The number of amides is 1. The van der Waals surface area contributed by atoms with E-state index in [2.05, 4.69) is 0 Å². The Morgan fingerprint density at radius 2 is 1.92 bits per heavy atom. The summed E-state index contributed by atoms with van der Waals surface area (Å²) in [5.74, 6) is -0.404. The highest BCUT2D eigenvalue weighted by molar-refractivity contribution is 5.70. The number of hydrogen-bond donors (Lipinski definition) is 0. The monoisotopic (exact) mass is 349 g/mol. The van der Waals surface area contributed by atoms with E-state index >= 15 is 0 Å². The molecule has 1 fully saturated rings. The van der Waals surface area contributed by atoms with Gasteiger partial charge in [-0.2, -0.15) is 0 Å². The van der Waals surface area contributed by atoms with Crippen molar-refractivity contribution in [1.82, 2.24) is 4.90 Å². The Hall–Kier alpha value is -2.08. The normalized spacial score (nSPS) is 17.9. The first-order chi connectivity index (χ1) is 11.8. The largest absolute Gasteiger partial charge is 0.459 e. The smallest absolute Gasteiger partial charge is 0.410 e. The van der Waals surface area contributed by atoms with Crippen LogP contribution in [-0.4, -0.2) is 48.4 Å². The van der Waals surface area contributed by atoms with E-state index < -0.39 is 11.6 Å². The molecule has 2 rings (SSSR count). The van der Waals surface area contributed by atoms with Crippen LogP contribution >= 0.6 is 0 Å². The molecule has 6 heteroatoms. The van der Waals surface area contributed by atoms with Gasteiger partial charge in [0.15, 0.2) is 0 Å². The predicted octanol–water partition coefficient (Wildman–Crippen LogP) is 3.15. The molecule has 0 bridgehead atoms. The Balaban J connectivity index is 1.71. The van der Waals surface area contributed by atoms with Gasteiger partial charge >= 0.3 is 12.1 Å². The molecule has 0 unspecified atom stereocenters. The Labute approximate surface area is 149 Å². The van der Waals surface area contributed by atoms with Crippen LogP contribution < -0.4 is 0 Å². The lowest BCUT2D eigenvalue weighted by Crippen LogP contribution is -2.45. The number of ether oxygens (including phenoxy) is 3. The molecule has 6 nitrogen and oxygen atoms in total. The molecule has 1 amide bonds. The van der Waals surface area contributed by atoms with E-state index in [0.29, 0.717) is 13.1 Å². The zero-order valence-electron chi connectivity index (χ0n) is 15.2. The number of rotatable bonds is 5. The van der Waals surface area contributed by atoms with Gasteiger partial charge in [-0.15, -0.1) is 0 Å². The highest BCUT2D eigenvalue weighted by Crippen LogP contribution is 2.17. The van der Waals surface area contributed by atoms with E-state index in [1.807, 2.05) is 51.1 Å². The molecule has 0 aromatic heterocycles. The van der Waals surface area contributed by atoms with Crippen molar-refractivity contribution in [3.05, 3.63) is 35.9 Å². The lowest BCUT2D eigenvalue weighted by molar-refractivity contribution is -0.153. The van der Waals surface area contributed by atoms with Gasteiger partial charge in [-0.05, 0) is 39.2 Å². The topological polar surface area (TPSA) is 65.1 Å². The average molecular weight is 349 g/mol. The van der Waals surface area contributed by atoms with Crippen LogP contribution in [0.25, 0.3) is 0 Å². The average Bonchev–Trinajstić information content (AvgIpc) is 2.58. The summed E-state index contributed by atoms with van der Waals surface area (Å²) in [6.45, 7) is 6.72. The lowest BCUT2D eigenvalue weighted by Gasteiger charge is -2.33. The summed E-state index contributed by atoms with van der Waals surface area (Å²) in [5.41, 5.74) is 0.413. The molecule has 0 saturated carbocycles. The third-order valence-electron chi connectivity index (χ3n) is 3.71. The second kappa shape index (κ2) is 8.85. The first kappa shape index (κ1) is 19.2. The molecule has 1 aliphatic rings. The van der Waals surface area contributed by atoms with Gasteiger partial charge in [-0.3, -0.25) is 0 Å². The van der Waals surface area contributed by atoms with Crippen molar-refractivity contribution in [3.8, 4) is 0 Å². The van der Waals surface area contributed by atoms with Gasteiger partial charge in [-0.25, -0.2) is 9.59 Å². The lowest BCUT2D eigenvalue weighted by atomic mass is 10.1. The van der Waals surface area contributed by atoms with E-state index in [0.717, 1.165) is 18.4 Å². The fourth-order valence-electron chi connectivity index (χ4n) is 2.53. The van der Waals surface area contributed by atoms with Gasteiger partial charge in [0.05, 0.1) is 12.6 Å². The fraction of sp³-hybridized carbons (Fsp3) is 0.579. The minimum absolute atomic E-state index is 0.111. The summed E-state index contributed by atoms with van der Waals surface area (Å²) in [6.07, 6.45) is 1.12. The summed E-state index contributed by atoms with van der Waals surface area (Å²) >= 11 is 0. The Bertz CT molecular complexity index is 567. The van der Waals surface area contributed by atoms with E-state index in [1.165, 1.54) is 0 Å². The van der Waals surface area contributed by atoms with Crippen molar-refractivity contribution in [3.63, 3.8) is 0 Å². The molecule has 1 aliphatic heterocycles. The summed E-state index contributed by atoms with van der Waals surface area (Å²) in [4.78, 5) is 25.6. The maximum Gasteiger partial charge on any atom is 0.410 e. The molecule has 0 spiro atoms. The molecule has 1 aromatic carbocycles. The minimum Gasteiger partial charge on any atom is -0.459 e. The van der Waals surface area contributed by atoms with E-state index in [-0.39, 0.29) is 25.4 Å². The molecule has 138 valence electrons. The van der Waals surface area contributed by atoms with Gasteiger partial charge in [0, 0.05) is 6.54 Å². The standard InChI is InChI=1S/C19H27NO5/c1-19(2,3)25-18(22)20-11-7-10-16(12-20)23-14-17(21)24-13-15-8-5-4-6-9-15/h4-6,8-9,16H,7,10-14H2,1-3H3/t16-/m1/s1. The molecule has 0 aliphatic carbocycles. The van der Waals surface area contributed by atoms with Crippen LogP contribution in [0.1, 0.15) is 39.2 Å². The van der Waals surface area contributed by atoms with E-state index in [9.17, 15) is 9.59 Å². The predicted molar refractivity (Wildman–Crippen MR) is 93.0 cm³/mol. The highest BCUT2D eigenvalue weighted by Gasteiger charge is 2.28. The number of hydrogen-bond acceptors (Lipinski definition) is 5. The summed E-state index contributed by atoms with van der Waals surface area (Å²) in [5, 5.41) is 0. The number of carbonyl (C=O) groups is 2. The zero-order chi connectivity index (χ0) is 18.3. The van der Waals surface area contributed by atoms with E-state index in [4.69, 9.17) is 14.2 Å². The second-order valence-electron chi connectivity index (χ2n) is 7.15. The molecule has 0 radical (unpaired) electrons. The number of likely N-dealkylation sites (tertiary alicyclic amines) is 1. The van der Waals surface area contributed by atoms with Crippen LogP contribution in [0.5, 0.6) is 0 Å². The van der Waals surface area contributed by atoms with Crippen molar-refractivity contribution >= 4 is 12.1 Å². The molecule has 0 N–H and O–H groups in total. The van der Waals surface area contributed by atoms with E-state index in [1.54, 1.807) is 4.90 Å². The fourth-order valence-corrected chi connectivity index (χ4v) is 2.53. The summed E-state index contributed by atoms with van der Waals surface area (Å²) < 4.78 is 16.2. The van der Waals surface area contributed by atoms with Crippen molar-refractivity contribution in [2.24, 2.45) is 0 Å². The van der Waals surface area contributed by atoms with Crippen LogP contribution in [0.3, 0.4) is 0 Å². The number of nitrogens with zero attached hydrogens (tertiary/aromatic N) is 1. The van der Waals surface area contributed by atoms with Gasteiger partial charge in [-0.1, -0.05) is 30.3 Å². The molecular weight excluding hydrogens is 322 g/mol. The van der Waals surface area contributed by atoms with Crippen LogP contribution in [0, 0.1) is 0 Å². The van der Waals surface area contributed by atoms with Gasteiger partial charge < -0.3 is 19.1 Å². The first-order valence-electron chi connectivity index (χ1n) is 8.62. The molecule has 1 atom stereocenters. The van der Waals surface area contributed by atoms with Crippen molar-refractivity contribution < 1.29 is 23.8 Å². The van der Waals surface area contributed by atoms with Gasteiger partial charge in [0.2, 0.25) is 0 Å². The molecule has 1 aromatic rings. The van der Waals surface area contributed by atoms with Crippen LogP contribution in [0.15, 0.2) is 30.3 Å². The molecule has 1 saturated heterocycles. The Kier molecular flexibility index (Phi) is 6.82. The maximum atomic E-state index is 12.1. The second-order valence-corrected chi connectivity index (χ2v) is 7.15. The molecule has 1 heterocycles. The Morgan fingerprint density at radius 3 is 2.60 bits per heavy atom. The summed E-state index contributed by atoms with van der Waals surface area (Å²) in [6, 6.07) is 9.50. The number of piperidine rings is 1. The third-order valence-corrected chi connectivity index (χ3v) is 3.71. The van der Waals surface area contributed by atoms with Gasteiger partial charge in [0.25, 0.3) is 0 Å². The van der Waals surface area contributed by atoms with Crippen molar-refractivity contribution in [2.45, 2.75) is 51.9 Å².